The van der Waals surface area contributed by atoms with E-state index in [4.69, 9.17) is 9.47 Å². The Kier molecular flexibility index (Phi) is 15.0. The van der Waals surface area contributed by atoms with Crippen LogP contribution in [0.4, 0.5) is 17.1 Å². The average Bonchev–Trinajstić information content (AvgIpc) is 3.21. The first-order valence-corrected chi connectivity index (χ1v) is 19.1. The van der Waals surface area contributed by atoms with Crippen molar-refractivity contribution in [3.63, 3.8) is 0 Å². The van der Waals surface area contributed by atoms with E-state index in [0.29, 0.717) is 37.4 Å². The van der Waals surface area contributed by atoms with Crippen molar-refractivity contribution >= 4 is 23.1 Å². The van der Waals surface area contributed by atoms with Gasteiger partial charge in [0.2, 0.25) is 0 Å². The molecule has 13 nitrogen and oxygen atoms in total. The summed E-state index contributed by atoms with van der Waals surface area (Å²) in [6.45, 7) is 5.60. The fourth-order valence-electron chi connectivity index (χ4n) is 6.23. The predicted octanol–water partition coefficient (Wildman–Crippen LogP) is 7.18. The van der Waals surface area contributed by atoms with Crippen molar-refractivity contribution < 1.29 is 9.47 Å². The number of hydrogen-bond acceptors (Lipinski definition) is 9. The quantitative estimate of drug-likeness (QED) is 0.0613. The molecule has 57 heavy (non-hydrogen) atoms. The van der Waals surface area contributed by atoms with Crippen LogP contribution in [0.1, 0.15) is 68.1 Å². The highest BCUT2D eigenvalue weighted by Crippen LogP contribution is 2.36. The molecule has 0 saturated heterocycles. The topological polar surface area (TPSA) is 179 Å². The summed E-state index contributed by atoms with van der Waals surface area (Å²) in [5, 5.41) is 18.4. The molecule has 0 unspecified atom stereocenters. The normalized spacial score (nSPS) is 10.7. The van der Waals surface area contributed by atoms with Gasteiger partial charge < -0.3 is 23.5 Å². The number of ether oxygens (including phenoxy) is 2. The van der Waals surface area contributed by atoms with Crippen molar-refractivity contribution in [2.75, 3.05) is 18.1 Å². The Morgan fingerprint density at radius 1 is 0.596 bits per heavy atom. The monoisotopic (exact) mass is 769 g/mol. The number of anilines is 3. The summed E-state index contributed by atoms with van der Waals surface area (Å²) >= 11 is 0. The van der Waals surface area contributed by atoms with E-state index in [1.807, 2.05) is 84.9 Å². The van der Waals surface area contributed by atoms with Crippen molar-refractivity contribution in [1.82, 2.24) is 19.1 Å². The number of allylic oxidation sites excluding steroid dienone is 1. The van der Waals surface area contributed by atoms with Gasteiger partial charge in [0.05, 0.1) is 13.2 Å². The summed E-state index contributed by atoms with van der Waals surface area (Å²) in [5.41, 5.74) is 3.04. The third kappa shape index (κ3) is 12.1. The van der Waals surface area contributed by atoms with E-state index in [-0.39, 0.29) is 28.1 Å². The number of hydrogen-bond donors (Lipinski definition) is 2. The second kappa shape index (κ2) is 20.7. The fourth-order valence-corrected chi connectivity index (χ4v) is 6.23. The molecule has 0 radical (unpaired) electrons. The van der Waals surface area contributed by atoms with E-state index in [1.165, 1.54) is 0 Å². The van der Waals surface area contributed by atoms with Crippen molar-refractivity contribution in [2.45, 2.75) is 78.3 Å². The number of benzene rings is 3. The van der Waals surface area contributed by atoms with Gasteiger partial charge in [-0.05, 0) is 112 Å². The molecular formula is C44H47N7O6. The van der Waals surface area contributed by atoms with Crippen LogP contribution in [-0.2, 0) is 13.1 Å². The number of aryl methyl sites for hydroxylation is 4. The zero-order valence-corrected chi connectivity index (χ0v) is 32.3. The van der Waals surface area contributed by atoms with Gasteiger partial charge in [-0.3, -0.25) is 19.6 Å². The molecule has 0 saturated carbocycles. The summed E-state index contributed by atoms with van der Waals surface area (Å²) in [4.78, 5) is 53.9. The third-order valence-electron chi connectivity index (χ3n) is 9.40. The Bertz CT molecular complexity index is 2300. The zero-order valence-electron chi connectivity index (χ0n) is 32.3. The molecule has 2 heterocycles. The number of nitriles is 2. The van der Waals surface area contributed by atoms with Gasteiger partial charge in [-0.2, -0.15) is 10.5 Å². The Labute approximate surface area is 330 Å². The standard InChI is InChI=1S/C44H47N7O6/c1-32-30-49(43(54)47-41(32)52)23-7-3-5-9-25-56-39-19-15-37(16-20-39)51(36-13-11-34(12-14-36)27-35(28-45)29-46)38-17-21-40(22-18-38)57-26-10-6-4-8-24-50-31-33(2)42(53)48-44(50)55/h11-22,27,30-31H,3-10,23-26H2,1-2H3,(H,47,52,54)(H,48,53,55). The van der Waals surface area contributed by atoms with E-state index in [0.717, 1.165) is 85.5 Å². The maximum Gasteiger partial charge on any atom is 0.328 e. The highest BCUT2D eigenvalue weighted by molar-refractivity contribution is 5.78. The summed E-state index contributed by atoms with van der Waals surface area (Å²) < 4.78 is 15.2. The van der Waals surface area contributed by atoms with Crippen LogP contribution in [0.2, 0.25) is 0 Å². The van der Waals surface area contributed by atoms with Crippen LogP contribution >= 0.6 is 0 Å². The molecule has 0 aliphatic carbocycles. The van der Waals surface area contributed by atoms with Crippen LogP contribution in [0, 0.1) is 36.5 Å². The molecule has 0 atom stereocenters. The lowest BCUT2D eigenvalue weighted by Gasteiger charge is -2.26. The SMILES string of the molecule is Cc1cn(CCCCCCOc2ccc(N(c3ccc(C=C(C#N)C#N)cc3)c3ccc(OCCCCCCn4cc(C)c(=O)[nH]c4=O)cc3)cc2)c(=O)[nH]c1=O. The van der Waals surface area contributed by atoms with Crippen molar-refractivity contribution in [2.24, 2.45) is 0 Å². The van der Waals surface area contributed by atoms with E-state index >= 15 is 0 Å². The first-order chi connectivity index (χ1) is 27.6. The molecule has 0 amide bonds. The molecule has 0 aliphatic heterocycles. The van der Waals surface area contributed by atoms with Crippen molar-refractivity contribution in [3.8, 4) is 23.6 Å². The molecule has 0 aliphatic rings. The van der Waals surface area contributed by atoms with Gasteiger partial charge in [0.1, 0.15) is 29.2 Å². The van der Waals surface area contributed by atoms with Crippen LogP contribution in [-0.4, -0.2) is 32.3 Å². The Balaban J connectivity index is 1.15. The molecular weight excluding hydrogens is 723 g/mol. The molecule has 5 aromatic rings. The number of unbranched alkanes of at least 4 members (excludes halogenated alkanes) is 6. The van der Waals surface area contributed by atoms with Gasteiger partial charge in [0, 0.05) is 53.7 Å². The Morgan fingerprint density at radius 3 is 1.39 bits per heavy atom. The van der Waals surface area contributed by atoms with Crippen LogP contribution in [0.15, 0.2) is 110 Å². The molecule has 5 rings (SSSR count). The Hall–Kier alpha value is -6.86. The summed E-state index contributed by atoms with van der Waals surface area (Å²) in [6, 6.07) is 27.2. The molecule has 0 bridgehead atoms. The molecule has 294 valence electrons. The molecule has 2 N–H and O–H groups in total. The molecule has 3 aromatic carbocycles. The average molecular weight is 770 g/mol. The largest absolute Gasteiger partial charge is 0.494 e. The first kappa shape index (κ1) is 41.3. The third-order valence-corrected chi connectivity index (χ3v) is 9.40. The molecule has 0 fully saturated rings. The smallest absolute Gasteiger partial charge is 0.328 e. The van der Waals surface area contributed by atoms with Crippen LogP contribution < -0.4 is 36.9 Å². The molecule has 2 aromatic heterocycles. The van der Waals surface area contributed by atoms with Gasteiger partial charge in [-0.1, -0.05) is 37.8 Å². The number of rotatable bonds is 20. The van der Waals surface area contributed by atoms with E-state index in [1.54, 1.807) is 41.5 Å². The fraction of sp³-hybridized carbons (Fsp3) is 0.318. The van der Waals surface area contributed by atoms with Gasteiger partial charge in [0.15, 0.2) is 0 Å². The van der Waals surface area contributed by atoms with Gasteiger partial charge in [0.25, 0.3) is 11.1 Å². The van der Waals surface area contributed by atoms with Gasteiger partial charge >= 0.3 is 11.4 Å². The number of aromatic nitrogens is 4. The lowest BCUT2D eigenvalue weighted by atomic mass is 10.1. The number of nitrogens with one attached hydrogen (secondary N) is 2. The first-order valence-electron chi connectivity index (χ1n) is 19.1. The van der Waals surface area contributed by atoms with Gasteiger partial charge in [-0.15, -0.1) is 0 Å². The van der Waals surface area contributed by atoms with Crippen molar-refractivity contribution in [1.29, 1.82) is 10.5 Å². The Morgan fingerprint density at radius 2 is 0.982 bits per heavy atom. The van der Waals surface area contributed by atoms with E-state index in [2.05, 4.69) is 14.9 Å². The van der Waals surface area contributed by atoms with Crippen LogP contribution in [0.3, 0.4) is 0 Å². The van der Waals surface area contributed by atoms with Crippen LogP contribution in [0.5, 0.6) is 11.5 Å². The lowest BCUT2D eigenvalue weighted by Crippen LogP contribution is -2.30. The predicted molar refractivity (Wildman–Crippen MR) is 220 cm³/mol. The number of nitrogens with zero attached hydrogens (tertiary/aromatic N) is 5. The highest BCUT2D eigenvalue weighted by Gasteiger charge is 2.14. The summed E-state index contributed by atoms with van der Waals surface area (Å²) in [7, 11) is 0. The summed E-state index contributed by atoms with van der Waals surface area (Å²) in [5.74, 6) is 1.50. The van der Waals surface area contributed by atoms with Crippen molar-refractivity contribution in [3.05, 3.63) is 149 Å². The van der Waals surface area contributed by atoms with E-state index in [9.17, 15) is 29.7 Å². The lowest BCUT2D eigenvalue weighted by molar-refractivity contribution is 0.304. The maximum atomic E-state index is 12.0. The summed E-state index contributed by atoms with van der Waals surface area (Å²) in [6.07, 6.45) is 11.9. The molecule has 0 spiro atoms. The minimum atomic E-state index is -0.381. The molecule has 13 heteroatoms. The minimum absolute atomic E-state index is 0.0289. The van der Waals surface area contributed by atoms with Crippen LogP contribution in [0.25, 0.3) is 6.08 Å². The zero-order chi connectivity index (χ0) is 40.6. The highest BCUT2D eigenvalue weighted by atomic mass is 16.5. The maximum absolute atomic E-state index is 12.0. The minimum Gasteiger partial charge on any atom is -0.494 e. The van der Waals surface area contributed by atoms with Gasteiger partial charge in [-0.25, -0.2) is 9.59 Å². The number of H-pyrrole nitrogens is 2. The number of aromatic amines is 2. The van der Waals surface area contributed by atoms with E-state index < -0.39 is 0 Å². The second-order valence-electron chi connectivity index (χ2n) is 13.8. The second-order valence-corrected chi connectivity index (χ2v) is 13.8.